The highest BCUT2D eigenvalue weighted by Crippen LogP contribution is 2.31. The van der Waals surface area contributed by atoms with Crippen molar-refractivity contribution in [1.82, 2.24) is 0 Å². The highest BCUT2D eigenvalue weighted by molar-refractivity contribution is 9.10. The third-order valence-electron chi connectivity index (χ3n) is 3.81. The number of fused-ring (bicyclic) bond motifs is 1. The predicted octanol–water partition coefficient (Wildman–Crippen LogP) is 5.62. The molecule has 0 aromatic heterocycles. The molecule has 1 aliphatic carbocycles. The third-order valence-corrected chi connectivity index (χ3v) is 5.19. The SMILES string of the molecule is Brc1ccc(CC(Br)c2ccc3c(c2)CCC3)cc1. The first-order valence-corrected chi connectivity index (χ1v) is 8.43. The zero-order valence-corrected chi connectivity index (χ0v) is 13.9. The molecule has 19 heavy (non-hydrogen) atoms. The molecule has 0 N–H and O–H groups in total. The van der Waals surface area contributed by atoms with Crippen molar-refractivity contribution in [2.75, 3.05) is 0 Å². The largest absolute Gasteiger partial charge is 0.0835 e. The number of rotatable bonds is 3. The Morgan fingerprint density at radius 2 is 1.68 bits per heavy atom. The Kier molecular flexibility index (Phi) is 4.09. The molecule has 0 heterocycles. The Labute approximate surface area is 131 Å². The first-order valence-electron chi connectivity index (χ1n) is 6.72. The molecule has 0 spiro atoms. The van der Waals surface area contributed by atoms with Gasteiger partial charge in [0.15, 0.2) is 0 Å². The van der Waals surface area contributed by atoms with E-state index in [0.29, 0.717) is 4.83 Å². The molecule has 3 rings (SSSR count). The molecule has 0 aliphatic heterocycles. The Morgan fingerprint density at radius 3 is 2.47 bits per heavy atom. The van der Waals surface area contributed by atoms with Crippen molar-refractivity contribution in [1.29, 1.82) is 0 Å². The van der Waals surface area contributed by atoms with Crippen LogP contribution < -0.4 is 0 Å². The summed E-state index contributed by atoms with van der Waals surface area (Å²) in [5.74, 6) is 0. The molecule has 98 valence electrons. The molecule has 2 heteroatoms. The summed E-state index contributed by atoms with van der Waals surface area (Å²) in [5.41, 5.74) is 5.87. The van der Waals surface area contributed by atoms with Gasteiger partial charge < -0.3 is 0 Å². The van der Waals surface area contributed by atoms with Crippen LogP contribution in [0, 0.1) is 0 Å². The van der Waals surface area contributed by atoms with Crippen LogP contribution in [0.2, 0.25) is 0 Å². The lowest BCUT2D eigenvalue weighted by molar-refractivity contribution is 0.910. The van der Waals surface area contributed by atoms with Crippen LogP contribution in [-0.2, 0) is 19.3 Å². The van der Waals surface area contributed by atoms with E-state index < -0.39 is 0 Å². The summed E-state index contributed by atoms with van der Waals surface area (Å²) in [6.07, 6.45) is 4.86. The summed E-state index contributed by atoms with van der Waals surface area (Å²) in [6, 6.07) is 15.6. The standard InChI is InChI=1S/C17H16Br2/c18-16-8-4-12(5-9-16)10-17(19)15-7-6-13-2-1-3-14(13)11-15/h4-9,11,17H,1-3,10H2. The van der Waals surface area contributed by atoms with Crippen molar-refractivity contribution in [2.45, 2.75) is 30.5 Å². The van der Waals surface area contributed by atoms with Gasteiger partial charge >= 0.3 is 0 Å². The highest BCUT2D eigenvalue weighted by Gasteiger charge is 2.14. The molecular weight excluding hydrogens is 364 g/mol. The topological polar surface area (TPSA) is 0 Å². The molecule has 0 radical (unpaired) electrons. The van der Waals surface area contributed by atoms with E-state index in [9.17, 15) is 0 Å². The van der Waals surface area contributed by atoms with Gasteiger partial charge in [0.25, 0.3) is 0 Å². The molecule has 2 aromatic rings. The first kappa shape index (κ1) is 13.4. The minimum Gasteiger partial charge on any atom is -0.0835 e. The van der Waals surface area contributed by atoms with E-state index in [-0.39, 0.29) is 0 Å². The number of hydrogen-bond acceptors (Lipinski definition) is 0. The molecular formula is C17H16Br2. The van der Waals surface area contributed by atoms with Crippen molar-refractivity contribution < 1.29 is 0 Å². The van der Waals surface area contributed by atoms with Gasteiger partial charge in [-0.25, -0.2) is 0 Å². The number of halogens is 2. The van der Waals surface area contributed by atoms with Crippen LogP contribution in [0.15, 0.2) is 46.9 Å². The van der Waals surface area contributed by atoms with Gasteiger partial charge in [-0.05, 0) is 60.1 Å². The molecule has 0 nitrogen and oxygen atoms in total. The smallest absolute Gasteiger partial charge is 0.0435 e. The first-order chi connectivity index (χ1) is 9.22. The highest BCUT2D eigenvalue weighted by atomic mass is 79.9. The number of hydrogen-bond donors (Lipinski definition) is 0. The van der Waals surface area contributed by atoms with Crippen molar-refractivity contribution >= 4 is 31.9 Å². The van der Waals surface area contributed by atoms with Crippen LogP contribution in [-0.4, -0.2) is 0 Å². The lowest BCUT2D eigenvalue weighted by atomic mass is 10.0. The van der Waals surface area contributed by atoms with E-state index in [1.165, 1.54) is 30.4 Å². The van der Waals surface area contributed by atoms with Crippen LogP contribution >= 0.6 is 31.9 Å². The maximum absolute atomic E-state index is 3.84. The van der Waals surface area contributed by atoms with Crippen LogP contribution in [0.3, 0.4) is 0 Å². The van der Waals surface area contributed by atoms with Gasteiger partial charge in [-0.1, -0.05) is 62.2 Å². The molecule has 2 aromatic carbocycles. The summed E-state index contributed by atoms with van der Waals surface area (Å²) in [7, 11) is 0. The van der Waals surface area contributed by atoms with Crippen molar-refractivity contribution in [3.63, 3.8) is 0 Å². The molecule has 0 bridgehead atoms. The number of alkyl halides is 1. The Balaban J connectivity index is 1.76. The molecule has 0 saturated heterocycles. The third kappa shape index (κ3) is 3.11. The van der Waals surface area contributed by atoms with Gasteiger partial charge in [-0.15, -0.1) is 0 Å². The molecule has 1 aliphatic rings. The van der Waals surface area contributed by atoms with Crippen LogP contribution in [0.25, 0.3) is 0 Å². The maximum Gasteiger partial charge on any atom is 0.0435 e. The molecule has 0 amide bonds. The monoisotopic (exact) mass is 378 g/mol. The lowest BCUT2D eigenvalue weighted by Crippen LogP contribution is -1.97. The van der Waals surface area contributed by atoms with Gasteiger partial charge in [-0.2, -0.15) is 0 Å². The Hall–Kier alpha value is -0.600. The number of aryl methyl sites for hydroxylation is 2. The second-order valence-corrected chi connectivity index (χ2v) is 7.20. The average molecular weight is 380 g/mol. The summed E-state index contributed by atoms with van der Waals surface area (Å²) in [4.78, 5) is 0.402. The van der Waals surface area contributed by atoms with Gasteiger partial charge in [0, 0.05) is 9.30 Å². The summed E-state index contributed by atoms with van der Waals surface area (Å²) < 4.78 is 1.14. The predicted molar refractivity (Wildman–Crippen MR) is 88.0 cm³/mol. The van der Waals surface area contributed by atoms with Crippen LogP contribution in [0.5, 0.6) is 0 Å². The fourth-order valence-corrected chi connectivity index (χ4v) is 3.65. The van der Waals surface area contributed by atoms with Crippen molar-refractivity contribution in [3.8, 4) is 0 Å². The van der Waals surface area contributed by atoms with Crippen LogP contribution in [0.1, 0.15) is 33.5 Å². The summed E-state index contributed by atoms with van der Waals surface area (Å²) >= 11 is 7.32. The zero-order chi connectivity index (χ0) is 13.2. The van der Waals surface area contributed by atoms with E-state index in [1.54, 1.807) is 11.1 Å². The quantitative estimate of drug-likeness (QED) is 0.607. The van der Waals surface area contributed by atoms with E-state index in [2.05, 4.69) is 74.3 Å². The summed E-state index contributed by atoms with van der Waals surface area (Å²) in [5, 5.41) is 0. The minimum absolute atomic E-state index is 0.402. The maximum atomic E-state index is 3.84. The normalized spacial score (nSPS) is 15.3. The van der Waals surface area contributed by atoms with E-state index in [1.807, 2.05) is 0 Å². The molecule has 0 saturated carbocycles. The second-order valence-electron chi connectivity index (χ2n) is 5.18. The van der Waals surface area contributed by atoms with Gasteiger partial charge in [0.05, 0.1) is 0 Å². The zero-order valence-electron chi connectivity index (χ0n) is 10.7. The van der Waals surface area contributed by atoms with E-state index in [0.717, 1.165) is 10.9 Å². The fourth-order valence-electron chi connectivity index (χ4n) is 2.73. The number of benzene rings is 2. The molecule has 1 atom stereocenters. The van der Waals surface area contributed by atoms with Crippen molar-refractivity contribution in [2.24, 2.45) is 0 Å². The molecule has 1 unspecified atom stereocenters. The van der Waals surface area contributed by atoms with Gasteiger partial charge in [-0.3, -0.25) is 0 Å². The lowest BCUT2D eigenvalue weighted by Gasteiger charge is -2.12. The Morgan fingerprint density at radius 1 is 0.947 bits per heavy atom. The van der Waals surface area contributed by atoms with E-state index in [4.69, 9.17) is 0 Å². The average Bonchev–Trinajstić information content (AvgIpc) is 2.88. The Bertz CT molecular complexity index is 572. The van der Waals surface area contributed by atoms with Crippen LogP contribution in [0.4, 0.5) is 0 Å². The summed E-state index contributed by atoms with van der Waals surface area (Å²) in [6.45, 7) is 0. The fraction of sp³-hybridized carbons (Fsp3) is 0.294. The van der Waals surface area contributed by atoms with Gasteiger partial charge in [0.2, 0.25) is 0 Å². The van der Waals surface area contributed by atoms with E-state index >= 15 is 0 Å². The molecule has 0 fully saturated rings. The minimum atomic E-state index is 0.402. The van der Waals surface area contributed by atoms with Crippen molar-refractivity contribution in [3.05, 3.63) is 69.2 Å². The second kappa shape index (κ2) is 5.80. The van der Waals surface area contributed by atoms with Gasteiger partial charge in [0.1, 0.15) is 0 Å².